The maximum absolute atomic E-state index is 9.56. The molecule has 0 aliphatic carbocycles. The molecule has 0 saturated carbocycles. The average molecular weight is 154 g/mol. The summed E-state index contributed by atoms with van der Waals surface area (Å²) in [4.78, 5) is 9.56. The third-order valence-electron chi connectivity index (χ3n) is 1.10. The summed E-state index contributed by atoms with van der Waals surface area (Å²) in [6, 6.07) is 3.67. The van der Waals surface area contributed by atoms with Crippen LogP contribution in [-0.2, 0) is 4.79 Å². The number of rotatable bonds is 3. The van der Waals surface area contributed by atoms with E-state index in [2.05, 4.69) is 11.3 Å². The number of unbranched alkanes of at least 4 members (excludes halogenated alkanes) is 2. The average Bonchev–Trinajstić information content (AvgIpc) is 2.57. The van der Waals surface area contributed by atoms with Gasteiger partial charge in [0, 0.05) is 6.42 Å². The van der Waals surface area contributed by atoms with Gasteiger partial charge >= 0.3 is 0 Å². The van der Waals surface area contributed by atoms with E-state index >= 15 is 0 Å². The Morgan fingerprint density at radius 2 is 2.00 bits per heavy atom. The van der Waals surface area contributed by atoms with Crippen molar-refractivity contribution >= 4 is 6.29 Å². The van der Waals surface area contributed by atoms with Crippen LogP contribution in [0.2, 0.25) is 0 Å². The fourth-order valence-corrected chi connectivity index (χ4v) is 0.514. The second-order valence-electron chi connectivity index (χ2n) is 2.10. The summed E-state index contributed by atoms with van der Waals surface area (Å²) in [5.41, 5.74) is 0. The number of hydrogen-bond donors (Lipinski definition) is 0. The summed E-state index contributed by atoms with van der Waals surface area (Å²) >= 11 is 0. The minimum atomic E-state index is 0.733. The van der Waals surface area contributed by atoms with Crippen LogP contribution in [-0.4, -0.2) is 6.29 Å². The summed E-state index contributed by atoms with van der Waals surface area (Å²) in [7, 11) is 0. The molecule has 1 aromatic heterocycles. The molecule has 1 rings (SSSR count). The maximum atomic E-state index is 9.56. The number of hydrogen-bond acceptors (Lipinski definition) is 2. The van der Waals surface area contributed by atoms with Crippen LogP contribution < -0.4 is 0 Å². The van der Waals surface area contributed by atoms with Crippen LogP contribution in [0.3, 0.4) is 0 Å². The van der Waals surface area contributed by atoms with Crippen LogP contribution in [0.15, 0.2) is 29.1 Å². The lowest BCUT2D eigenvalue weighted by atomic mass is 10.3. The number of carbonyl (C=O) groups excluding carboxylic acids is 1. The van der Waals surface area contributed by atoms with Crippen LogP contribution in [0.5, 0.6) is 0 Å². The molecular weight excluding hydrogens is 140 g/mol. The van der Waals surface area contributed by atoms with Crippen LogP contribution in [0.4, 0.5) is 0 Å². The summed E-state index contributed by atoms with van der Waals surface area (Å²) in [5.74, 6) is 0. The van der Waals surface area contributed by atoms with E-state index in [9.17, 15) is 4.79 Å². The van der Waals surface area contributed by atoms with Crippen molar-refractivity contribution in [2.45, 2.75) is 26.2 Å². The van der Waals surface area contributed by atoms with Crippen LogP contribution in [0, 0.1) is 0 Å². The van der Waals surface area contributed by atoms with Crippen molar-refractivity contribution in [1.82, 2.24) is 0 Å². The molecule has 0 aromatic carbocycles. The van der Waals surface area contributed by atoms with E-state index in [0.717, 1.165) is 25.5 Å². The second kappa shape index (κ2) is 8.95. The van der Waals surface area contributed by atoms with Crippen molar-refractivity contribution in [2.24, 2.45) is 0 Å². The summed E-state index contributed by atoms with van der Waals surface area (Å²) in [5, 5.41) is 0. The van der Waals surface area contributed by atoms with Crippen molar-refractivity contribution in [2.75, 3.05) is 0 Å². The van der Waals surface area contributed by atoms with E-state index in [1.54, 1.807) is 12.5 Å². The first-order chi connectivity index (χ1) is 5.41. The Morgan fingerprint density at radius 3 is 2.18 bits per heavy atom. The van der Waals surface area contributed by atoms with Crippen molar-refractivity contribution in [1.29, 1.82) is 0 Å². The molecule has 0 unspecified atom stereocenters. The topological polar surface area (TPSA) is 30.2 Å². The quantitative estimate of drug-likeness (QED) is 0.495. The van der Waals surface area contributed by atoms with E-state index in [4.69, 9.17) is 0 Å². The van der Waals surface area contributed by atoms with Crippen LogP contribution in [0.25, 0.3) is 0 Å². The third kappa shape index (κ3) is 8.95. The van der Waals surface area contributed by atoms with Gasteiger partial charge in [0.2, 0.25) is 0 Å². The molecule has 0 fully saturated rings. The number of aldehydes is 1. The van der Waals surface area contributed by atoms with Gasteiger partial charge in [-0.2, -0.15) is 0 Å². The van der Waals surface area contributed by atoms with E-state index in [0.29, 0.717) is 0 Å². The first-order valence-corrected chi connectivity index (χ1v) is 3.82. The molecule has 1 heterocycles. The number of furan rings is 1. The maximum Gasteiger partial charge on any atom is 0.119 e. The molecule has 0 saturated heterocycles. The molecular formula is C9H14O2. The Kier molecular flexibility index (Phi) is 8.10. The predicted molar refractivity (Wildman–Crippen MR) is 44.3 cm³/mol. The Balaban J connectivity index is 0.000000183. The zero-order valence-electron chi connectivity index (χ0n) is 6.82. The fourth-order valence-electron chi connectivity index (χ4n) is 0.514. The highest BCUT2D eigenvalue weighted by Gasteiger charge is 1.75. The molecule has 0 aliphatic rings. The first-order valence-electron chi connectivity index (χ1n) is 3.82. The standard InChI is InChI=1S/C5H10O.C4H4O/c1-2-3-4-5-6;1-2-4-5-3-1/h5H,2-4H2,1H3;1-4H. The third-order valence-corrected chi connectivity index (χ3v) is 1.10. The minimum Gasteiger partial charge on any atom is -0.473 e. The van der Waals surface area contributed by atoms with Gasteiger partial charge in [0.05, 0.1) is 12.5 Å². The van der Waals surface area contributed by atoms with E-state index in [1.165, 1.54) is 0 Å². The Bertz CT molecular complexity index is 127. The molecule has 0 bridgehead atoms. The van der Waals surface area contributed by atoms with E-state index < -0.39 is 0 Å². The summed E-state index contributed by atoms with van der Waals surface area (Å²) in [6.45, 7) is 2.07. The van der Waals surface area contributed by atoms with Crippen LogP contribution >= 0.6 is 0 Å². The molecule has 0 N–H and O–H groups in total. The highest BCUT2D eigenvalue weighted by atomic mass is 16.3. The summed E-state index contributed by atoms with van der Waals surface area (Å²) < 4.78 is 4.58. The largest absolute Gasteiger partial charge is 0.473 e. The van der Waals surface area contributed by atoms with Gasteiger partial charge < -0.3 is 9.21 Å². The van der Waals surface area contributed by atoms with Gasteiger partial charge in [-0.25, -0.2) is 0 Å². The molecule has 2 nitrogen and oxygen atoms in total. The predicted octanol–water partition coefficient (Wildman–Crippen LogP) is 2.66. The first kappa shape index (κ1) is 9.95. The monoisotopic (exact) mass is 154 g/mol. The van der Waals surface area contributed by atoms with Crippen molar-refractivity contribution in [3.63, 3.8) is 0 Å². The fraction of sp³-hybridized carbons (Fsp3) is 0.444. The SMILES string of the molecule is CCCCC=O.c1ccoc1. The molecule has 0 spiro atoms. The normalized spacial score (nSPS) is 8.09. The molecule has 1 aromatic rings. The lowest BCUT2D eigenvalue weighted by Gasteiger charge is -1.79. The van der Waals surface area contributed by atoms with E-state index in [1.807, 2.05) is 12.1 Å². The van der Waals surface area contributed by atoms with Crippen LogP contribution in [0.1, 0.15) is 26.2 Å². The smallest absolute Gasteiger partial charge is 0.119 e. The van der Waals surface area contributed by atoms with Gasteiger partial charge in [0.15, 0.2) is 0 Å². The molecule has 0 atom stereocenters. The Morgan fingerprint density at radius 1 is 1.36 bits per heavy atom. The molecule has 0 amide bonds. The minimum absolute atomic E-state index is 0.733. The Labute approximate surface area is 67.2 Å². The molecule has 0 radical (unpaired) electrons. The molecule has 2 heteroatoms. The molecule has 62 valence electrons. The van der Waals surface area contributed by atoms with Gasteiger partial charge in [-0.1, -0.05) is 13.3 Å². The van der Waals surface area contributed by atoms with Gasteiger partial charge in [-0.05, 0) is 18.6 Å². The van der Waals surface area contributed by atoms with Gasteiger partial charge in [0.1, 0.15) is 6.29 Å². The second-order valence-corrected chi connectivity index (χ2v) is 2.10. The summed E-state index contributed by atoms with van der Waals surface area (Å²) in [6.07, 6.45) is 7.11. The van der Waals surface area contributed by atoms with Crippen molar-refractivity contribution < 1.29 is 9.21 Å². The Hall–Kier alpha value is -1.05. The lowest BCUT2D eigenvalue weighted by Crippen LogP contribution is -1.70. The highest BCUT2D eigenvalue weighted by molar-refractivity contribution is 5.48. The van der Waals surface area contributed by atoms with Crippen molar-refractivity contribution in [3.05, 3.63) is 24.7 Å². The zero-order valence-corrected chi connectivity index (χ0v) is 6.82. The molecule has 11 heavy (non-hydrogen) atoms. The van der Waals surface area contributed by atoms with Gasteiger partial charge in [0.25, 0.3) is 0 Å². The van der Waals surface area contributed by atoms with Crippen molar-refractivity contribution in [3.8, 4) is 0 Å². The zero-order chi connectivity index (χ0) is 8.36. The number of carbonyl (C=O) groups is 1. The van der Waals surface area contributed by atoms with Gasteiger partial charge in [-0.3, -0.25) is 0 Å². The van der Waals surface area contributed by atoms with Gasteiger partial charge in [-0.15, -0.1) is 0 Å². The highest BCUT2D eigenvalue weighted by Crippen LogP contribution is 1.87. The van der Waals surface area contributed by atoms with E-state index in [-0.39, 0.29) is 0 Å². The lowest BCUT2D eigenvalue weighted by molar-refractivity contribution is -0.107. The molecule has 0 aliphatic heterocycles.